The lowest BCUT2D eigenvalue weighted by molar-refractivity contribution is -0.384. The van der Waals surface area contributed by atoms with Crippen LogP contribution < -0.4 is 10.2 Å². The number of nitro groups is 1. The van der Waals surface area contributed by atoms with Crippen molar-refractivity contribution < 1.29 is 18.9 Å². The molecule has 1 saturated heterocycles. The van der Waals surface area contributed by atoms with Gasteiger partial charge in [0, 0.05) is 17.7 Å². The van der Waals surface area contributed by atoms with Crippen molar-refractivity contribution in [2.24, 2.45) is 0 Å². The van der Waals surface area contributed by atoms with E-state index < -0.39 is 16.7 Å². The summed E-state index contributed by atoms with van der Waals surface area (Å²) in [5, 5.41) is 13.6. The lowest BCUT2D eigenvalue weighted by Gasteiger charge is -2.29. The highest BCUT2D eigenvalue weighted by Crippen LogP contribution is 2.35. The van der Waals surface area contributed by atoms with Crippen LogP contribution in [0.15, 0.2) is 58.5 Å². The Labute approximate surface area is 206 Å². The average molecular weight is 523 g/mol. The molecular weight excluding hydrogens is 513 g/mol. The van der Waals surface area contributed by atoms with E-state index in [1.54, 1.807) is 18.2 Å². The van der Waals surface area contributed by atoms with Crippen LogP contribution in [-0.4, -0.2) is 21.9 Å². The number of benzene rings is 2. The van der Waals surface area contributed by atoms with E-state index in [4.69, 9.17) is 51.4 Å². The molecule has 1 aliphatic heterocycles. The molecule has 1 fully saturated rings. The van der Waals surface area contributed by atoms with Gasteiger partial charge in [-0.3, -0.25) is 29.9 Å². The number of anilines is 1. The zero-order valence-corrected chi connectivity index (χ0v) is 19.3. The summed E-state index contributed by atoms with van der Waals surface area (Å²) in [5.41, 5.74) is 0.191. The van der Waals surface area contributed by atoms with Crippen LogP contribution in [0.5, 0.6) is 0 Å². The predicted octanol–water partition coefficient (Wildman–Crippen LogP) is 5.65. The number of carbonyl (C=O) groups is 2. The highest BCUT2D eigenvalue weighted by Gasteiger charge is 2.36. The zero-order valence-electron chi connectivity index (χ0n) is 16.2. The molecule has 4 rings (SSSR count). The molecule has 12 heteroatoms. The summed E-state index contributed by atoms with van der Waals surface area (Å²) in [6.45, 7) is 0. The second-order valence-corrected chi connectivity index (χ2v) is 8.23. The minimum Gasteiger partial charge on any atom is -0.457 e. The minimum atomic E-state index is -0.723. The van der Waals surface area contributed by atoms with Gasteiger partial charge in [-0.05, 0) is 48.6 Å². The molecular formula is C21H10Cl3N3O5S. The van der Waals surface area contributed by atoms with Crippen molar-refractivity contribution in [1.29, 1.82) is 0 Å². The van der Waals surface area contributed by atoms with Gasteiger partial charge in [0.15, 0.2) is 5.11 Å². The summed E-state index contributed by atoms with van der Waals surface area (Å²) in [4.78, 5) is 37.0. The molecule has 0 atom stereocenters. The number of furan rings is 1. The fourth-order valence-corrected chi connectivity index (χ4v) is 4.00. The van der Waals surface area contributed by atoms with E-state index in [0.717, 1.165) is 4.90 Å². The van der Waals surface area contributed by atoms with Crippen molar-refractivity contribution >= 4 is 81.4 Å². The molecule has 8 nitrogen and oxygen atoms in total. The summed E-state index contributed by atoms with van der Waals surface area (Å²) in [7, 11) is 0. The first-order valence-electron chi connectivity index (χ1n) is 9.07. The summed E-state index contributed by atoms with van der Waals surface area (Å²) >= 11 is 23.6. The van der Waals surface area contributed by atoms with Crippen molar-refractivity contribution in [2.75, 3.05) is 4.90 Å². The fraction of sp³-hybridized carbons (Fsp3) is 0. The summed E-state index contributed by atoms with van der Waals surface area (Å²) in [6, 6.07) is 11.7. The number of rotatable bonds is 4. The smallest absolute Gasteiger partial charge is 0.270 e. The van der Waals surface area contributed by atoms with Crippen LogP contribution in [-0.2, 0) is 9.59 Å². The van der Waals surface area contributed by atoms with Gasteiger partial charge in [-0.2, -0.15) is 0 Å². The molecule has 0 bridgehead atoms. The van der Waals surface area contributed by atoms with Crippen LogP contribution in [0.3, 0.4) is 0 Å². The van der Waals surface area contributed by atoms with E-state index in [2.05, 4.69) is 5.32 Å². The lowest BCUT2D eigenvalue weighted by atomic mass is 10.1. The molecule has 0 spiro atoms. The molecule has 0 aliphatic carbocycles. The number of thiocarbonyl (C=S) groups is 1. The molecule has 1 N–H and O–H groups in total. The number of non-ortho nitro benzene ring substituents is 1. The fourth-order valence-electron chi connectivity index (χ4n) is 3.08. The van der Waals surface area contributed by atoms with E-state index in [1.807, 2.05) is 0 Å². The predicted molar refractivity (Wildman–Crippen MR) is 128 cm³/mol. The highest BCUT2D eigenvalue weighted by molar-refractivity contribution is 7.80. The number of nitrogens with zero attached hydrogens (tertiary/aromatic N) is 2. The Morgan fingerprint density at radius 1 is 1.06 bits per heavy atom. The SMILES string of the molecule is O=C1NC(=S)N(c2cccc(Cl)c2Cl)C(=O)/C1=C/c1ccc(-c2ccc([N+](=O)[O-])cc2Cl)o1. The summed E-state index contributed by atoms with van der Waals surface area (Å²) in [6.07, 6.45) is 1.24. The van der Waals surface area contributed by atoms with Crippen molar-refractivity contribution in [3.05, 3.63) is 85.0 Å². The van der Waals surface area contributed by atoms with Gasteiger partial charge in [0.2, 0.25) is 0 Å². The zero-order chi connectivity index (χ0) is 23.9. The molecule has 3 aromatic rings. The van der Waals surface area contributed by atoms with Gasteiger partial charge < -0.3 is 4.42 Å². The van der Waals surface area contributed by atoms with Crippen molar-refractivity contribution in [1.82, 2.24) is 5.32 Å². The third-order valence-electron chi connectivity index (χ3n) is 4.62. The van der Waals surface area contributed by atoms with Crippen LogP contribution in [0.1, 0.15) is 5.76 Å². The molecule has 2 amide bonds. The second kappa shape index (κ2) is 8.95. The van der Waals surface area contributed by atoms with Gasteiger partial charge in [0.05, 0.1) is 25.7 Å². The van der Waals surface area contributed by atoms with E-state index >= 15 is 0 Å². The Balaban J connectivity index is 1.69. The van der Waals surface area contributed by atoms with Crippen molar-refractivity contribution in [3.8, 4) is 11.3 Å². The van der Waals surface area contributed by atoms with E-state index in [0.29, 0.717) is 5.56 Å². The molecule has 0 saturated carbocycles. The summed E-state index contributed by atoms with van der Waals surface area (Å²) in [5.74, 6) is -0.983. The average Bonchev–Trinajstić information content (AvgIpc) is 3.22. The number of nitro benzene ring substituents is 1. The van der Waals surface area contributed by atoms with Crippen LogP contribution in [0.25, 0.3) is 17.4 Å². The molecule has 33 heavy (non-hydrogen) atoms. The number of halogens is 3. The highest BCUT2D eigenvalue weighted by atomic mass is 35.5. The number of hydrogen-bond donors (Lipinski definition) is 1. The van der Waals surface area contributed by atoms with Gasteiger partial charge in [0.1, 0.15) is 17.1 Å². The third-order valence-corrected chi connectivity index (χ3v) is 6.02. The van der Waals surface area contributed by atoms with E-state index in [-0.39, 0.29) is 48.6 Å². The van der Waals surface area contributed by atoms with Crippen LogP contribution >= 0.6 is 47.0 Å². The van der Waals surface area contributed by atoms with E-state index in [1.165, 1.54) is 36.4 Å². The lowest BCUT2D eigenvalue weighted by Crippen LogP contribution is -2.54. The Morgan fingerprint density at radius 3 is 2.52 bits per heavy atom. The van der Waals surface area contributed by atoms with Crippen LogP contribution in [0, 0.1) is 10.1 Å². The Kier molecular flexibility index (Phi) is 6.22. The van der Waals surface area contributed by atoms with Crippen LogP contribution in [0.4, 0.5) is 11.4 Å². The Bertz CT molecular complexity index is 1390. The van der Waals surface area contributed by atoms with Crippen LogP contribution in [0.2, 0.25) is 15.1 Å². The maximum absolute atomic E-state index is 13.1. The van der Waals surface area contributed by atoms with Gasteiger partial charge in [0.25, 0.3) is 17.5 Å². The Hall–Kier alpha value is -3.24. The van der Waals surface area contributed by atoms with Gasteiger partial charge in [-0.25, -0.2) is 0 Å². The first-order chi connectivity index (χ1) is 15.7. The van der Waals surface area contributed by atoms with Crippen molar-refractivity contribution in [3.63, 3.8) is 0 Å². The maximum atomic E-state index is 13.1. The second-order valence-electron chi connectivity index (χ2n) is 6.65. The number of carbonyl (C=O) groups excluding carboxylic acids is 2. The van der Waals surface area contributed by atoms with Gasteiger partial charge >= 0.3 is 0 Å². The molecule has 0 unspecified atom stereocenters. The molecule has 1 aromatic heterocycles. The van der Waals surface area contributed by atoms with E-state index in [9.17, 15) is 19.7 Å². The molecule has 2 aromatic carbocycles. The molecule has 1 aliphatic rings. The van der Waals surface area contributed by atoms with Gasteiger partial charge in [-0.1, -0.05) is 40.9 Å². The number of amides is 2. The quantitative estimate of drug-likeness (QED) is 0.156. The standard InChI is InChI=1S/C21H10Cl3N3O5S/c22-14-2-1-3-16(18(14)24)26-20(29)13(19(28)25-21(26)33)9-11-5-7-17(32-11)12-6-4-10(27(30)31)8-15(12)23/h1-9H,(H,25,28,33)/b13-9+. The maximum Gasteiger partial charge on any atom is 0.270 e. The monoisotopic (exact) mass is 521 g/mol. The molecule has 166 valence electrons. The molecule has 0 radical (unpaired) electrons. The first-order valence-corrected chi connectivity index (χ1v) is 10.6. The molecule has 2 heterocycles. The van der Waals surface area contributed by atoms with Gasteiger partial charge in [-0.15, -0.1) is 0 Å². The largest absolute Gasteiger partial charge is 0.457 e. The number of hydrogen-bond acceptors (Lipinski definition) is 6. The topological polar surface area (TPSA) is 106 Å². The normalized spacial score (nSPS) is 15.2. The minimum absolute atomic E-state index is 0.0958. The Morgan fingerprint density at radius 2 is 1.82 bits per heavy atom. The van der Waals surface area contributed by atoms with Crippen molar-refractivity contribution in [2.45, 2.75) is 0 Å². The summed E-state index contributed by atoms with van der Waals surface area (Å²) < 4.78 is 5.70. The first kappa shape index (κ1) is 22.9. The third kappa shape index (κ3) is 4.36. The number of nitrogens with one attached hydrogen (secondary N) is 1.